The van der Waals surface area contributed by atoms with Gasteiger partial charge in [0, 0.05) is 20.2 Å². The molecule has 0 spiro atoms. The zero-order valence-corrected chi connectivity index (χ0v) is 13.6. The normalized spacial score (nSPS) is 24.8. The van der Waals surface area contributed by atoms with Crippen molar-refractivity contribution in [1.82, 2.24) is 4.90 Å². The lowest BCUT2D eigenvalue weighted by Gasteiger charge is -2.33. The monoisotopic (exact) mass is 325 g/mol. The van der Waals surface area contributed by atoms with Crippen LogP contribution in [0, 0.1) is 5.82 Å². The summed E-state index contributed by atoms with van der Waals surface area (Å²) in [7, 11) is 3.23. The van der Waals surface area contributed by atoms with Crippen molar-refractivity contribution in [2.24, 2.45) is 0 Å². The lowest BCUT2D eigenvalue weighted by atomic mass is 10.0. The number of methoxy groups -OCH3 is 1. The van der Waals surface area contributed by atoms with Gasteiger partial charge in [0.1, 0.15) is 17.7 Å². The predicted octanol–water partition coefficient (Wildman–Crippen LogP) is 1.98. The number of hydrogen-bond donors (Lipinski definition) is 1. The average Bonchev–Trinajstić information content (AvgIpc) is 2.73. The van der Waals surface area contributed by atoms with Crippen LogP contribution in [0.3, 0.4) is 0 Å². The Kier molecular flexibility index (Phi) is 6.36. The van der Waals surface area contributed by atoms with Crippen molar-refractivity contribution in [3.05, 3.63) is 30.1 Å². The van der Waals surface area contributed by atoms with Gasteiger partial charge >= 0.3 is 0 Å². The third-order valence-corrected chi connectivity index (χ3v) is 4.37. The third kappa shape index (κ3) is 4.65. The highest BCUT2D eigenvalue weighted by Gasteiger charge is 2.34. The number of amides is 1. The molecule has 6 heteroatoms. The molecule has 1 fully saturated rings. The number of hydrogen-bond acceptors (Lipinski definition) is 4. The second-order valence-electron chi connectivity index (χ2n) is 5.87. The number of halogens is 1. The first-order chi connectivity index (χ1) is 11.0. The van der Waals surface area contributed by atoms with Crippen molar-refractivity contribution in [2.45, 2.75) is 43.9 Å². The first-order valence-electron chi connectivity index (χ1n) is 7.88. The van der Waals surface area contributed by atoms with Crippen LogP contribution in [0.2, 0.25) is 0 Å². The summed E-state index contributed by atoms with van der Waals surface area (Å²) in [5, 5.41) is 10.4. The highest BCUT2D eigenvalue weighted by molar-refractivity contribution is 5.77. The fourth-order valence-electron chi connectivity index (χ4n) is 2.96. The van der Waals surface area contributed by atoms with Crippen LogP contribution >= 0.6 is 0 Å². The summed E-state index contributed by atoms with van der Waals surface area (Å²) in [4.78, 5) is 13.8. The standard InChI is InChI=1S/C17H24FNO4/c1-19(14-8-3-4-9-15(22-2)17(14)21)16(20)11-23-13-7-5-6-12(18)10-13/h5-7,10,14-15,17,21H,3-4,8-9,11H2,1-2H3/t14-,15-,17-/m1/s1. The van der Waals surface area contributed by atoms with Gasteiger partial charge < -0.3 is 19.5 Å². The highest BCUT2D eigenvalue weighted by atomic mass is 19.1. The molecular weight excluding hydrogens is 301 g/mol. The summed E-state index contributed by atoms with van der Waals surface area (Å²) in [5.41, 5.74) is 0. The fourth-order valence-corrected chi connectivity index (χ4v) is 2.96. The van der Waals surface area contributed by atoms with E-state index in [2.05, 4.69) is 0 Å². The van der Waals surface area contributed by atoms with Gasteiger partial charge in [-0.05, 0) is 25.0 Å². The Morgan fingerprint density at radius 1 is 1.39 bits per heavy atom. The molecule has 23 heavy (non-hydrogen) atoms. The Morgan fingerprint density at radius 3 is 2.83 bits per heavy atom. The lowest BCUT2D eigenvalue weighted by molar-refractivity contribution is -0.139. The Hall–Kier alpha value is -1.66. The maximum atomic E-state index is 13.1. The molecule has 1 aliphatic carbocycles. The molecule has 0 saturated heterocycles. The van der Waals surface area contributed by atoms with Crippen molar-refractivity contribution < 1.29 is 23.8 Å². The minimum Gasteiger partial charge on any atom is -0.484 e. The van der Waals surface area contributed by atoms with Gasteiger partial charge in [-0.15, -0.1) is 0 Å². The second kappa shape index (κ2) is 8.26. The minimum absolute atomic E-state index is 0.194. The molecule has 128 valence electrons. The molecule has 2 rings (SSSR count). The van der Waals surface area contributed by atoms with E-state index in [4.69, 9.17) is 9.47 Å². The van der Waals surface area contributed by atoms with Crippen LogP contribution in [0.1, 0.15) is 25.7 Å². The van der Waals surface area contributed by atoms with Gasteiger partial charge in [-0.25, -0.2) is 4.39 Å². The first-order valence-corrected chi connectivity index (χ1v) is 7.88. The maximum Gasteiger partial charge on any atom is 0.260 e. The summed E-state index contributed by atoms with van der Waals surface area (Å²) in [6.07, 6.45) is 2.43. The predicted molar refractivity (Wildman–Crippen MR) is 83.7 cm³/mol. The Balaban J connectivity index is 1.95. The molecule has 1 aromatic rings. The summed E-state index contributed by atoms with van der Waals surface area (Å²) >= 11 is 0. The van der Waals surface area contributed by atoms with Crippen LogP contribution in [0.5, 0.6) is 5.75 Å². The van der Waals surface area contributed by atoms with Gasteiger partial charge in [0.15, 0.2) is 6.61 Å². The molecule has 0 radical (unpaired) electrons. The largest absolute Gasteiger partial charge is 0.484 e. The number of carbonyl (C=O) groups is 1. The summed E-state index contributed by atoms with van der Waals surface area (Å²) < 4.78 is 23.8. The Morgan fingerprint density at radius 2 is 2.13 bits per heavy atom. The summed E-state index contributed by atoms with van der Waals surface area (Å²) in [6, 6.07) is 5.36. The number of nitrogens with zero attached hydrogens (tertiary/aromatic N) is 1. The molecule has 1 amide bonds. The third-order valence-electron chi connectivity index (χ3n) is 4.37. The number of benzene rings is 1. The van der Waals surface area contributed by atoms with Gasteiger partial charge in [-0.2, -0.15) is 0 Å². The molecule has 0 heterocycles. The molecule has 1 aromatic carbocycles. The van der Waals surface area contributed by atoms with Crippen LogP contribution in [0.4, 0.5) is 4.39 Å². The number of ether oxygens (including phenoxy) is 2. The zero-order chi connectivity index (χ0) is 16.8. The van der Waals surface area contributed by atoms with Gasteiger partial charge in [0.25, 0.3) is 5.91 Å². The quantitative estimate of drug-likeness (QED) is 0.841. The Bertz CT molecular complexity index is 525. The SMILES string of the molecule is CO[C@@H]1CCCC[C@@H](N(C)C(=O)COc2cccc(F)c2)[C@H]1O. The van der Waals surface area contributed by atoms with E-state index in [1.807, 2.05) is 0 Å². The second-order valence-corrected chi connectivity index (χ2v) is 5.87. The van der Waals surface area contributed by atoms with Crippen LogP contribution in [0.25, 0.3) is 0 Å². The number of carbonyl (C=O) groups excluding carboxylic acids is 1. The minimum atomic E-state index is -0.717. The van der Waals surface area contributed by atoms with Crippen LogP contribution in [0.15, 0.2) is 24.3 Å². The van der Waals surface area contributed by atoms with Crippen molar-refractivity contribution in [2.75, 3.05) is 20.8 Å². The molecule has 1 N–H and O–H groups in total. The van der Waals surface area contributed by atoms with Crippen molar-refractivity contribution >= 4 is 5.91 Å². The first kappa shape index (κ1) is 17.7. The van der Waals surface area contributed by atoms with E-state index in [1.165, 1.54) is 23.1 Å². The number of aliphatic hydroxyl groups excluding tert-OH is 1. The molecule has 5 nitrogen and oxygen atoms in total. The lowest BCUT2D eigenvalue weighted by Crippen LogP contribution is -2.50. The van der Waals surface area contributed by atoms with Crippen LogP contribution in [-0.2, 0) is 9.53 Å². The molecular formula is C17H24FNO4. The van der Waals surface area contributed by atoms with Crippen molar-refractivity contribution in [3.63, 3.8) is 0 Å². The van der Waals surface area contributed by atoms with E-state index in [0.29, 0.717) is 5.75 Å². The van der Waals surface area contributed by atoms with E-state index >= 15 is 0 Å². The molecule has 0 unspecified atom stereocenters. The van der Waals surface area contributed by atoms with E-state index in [-0.39, 0.29) is 24.7 Å². The van der Waals surface area contributed by atoms with E-state index in [9.17, 15) is 14.3 Å². The van der Waals surface area contributed by atoms with Gasteiger partial charge in [-0.3, -0.25) is 4.79 Å². The molecule has 0 aliphatic heterocycles. The van der Waals surface area contributed by atoms with E-state index < -0.39 is 11.9 Å². The molecule has 1 aliphatic rings. The summed E-state index contributed by atoms with van der Waals surface area (Å²) in [5.74, 6) is -0.358. The molecule has 0 bridgehead atoms. The fraction of sp³-hybridized carbons (Fsp3) is 0.588. The maximum absolute atomic E-state index is 13.1. The van der Waals surface area contributed by atoms with Crippen molar-refractivity contribution in [1.29, 1.82) is 0 Å². The zero-order valence-electron chi connectivity index (χ0n) is 13.6. The number of rotatable bonds is 5. The Labute approximate surface area is 136 Å². The van der Waals surface area contributed by atoms with Crippen LogP contribution in [-0.4, -0.2) is 54.9 Å². The molecule has 0 aromatic heterocycles. The van der Waals surface area contributed by atoms with Crippen molar-refractivity contribution in [3.8, 4) is 5.75 Å². The highest BCUT2D eigenvalue weighted by Crippen LogP contribution is 2.24. The van der Waals surface area contributed by atoms with Gasteiger partial charge in [0.05, 0.1) is 12.1 Å². The van der Waals surface area contributed by atoms with E-state index in [0.717, 1.165) is 25.7 Å². The number of aliphatic hydroxyl groups is 1. The number of likely N-dealkylation sites (N-methyl/N-ethyl adjacent to an activating group) is 1. The van der Waals surface area contributed by atoms with E-state index in [1.54, 1.807) is 20.2 Å². The van der Waals surface area contributed by atoms with Gasteiger partial charge in [0.2, 0.25) is 0 Å². The molecule has 1 saturated carbocycles. The van der Waals surface area contributed by atoms with Gasteiger partial charge in [-0.1, -0.05) is 18.9 Å². The average molecular weight is 325 g/mol. The molecule has 3 atom stereocenters. The topological polar surface area (TPSA) is 59.0 Å². The smallest absolute Gasteiger partial charge is 0.260 e. The summed E-state index contributed by atoms with van der Waals surface area (Å²) in [6.45, 7) is -0.194. The van der Waals surface area contributed by atoms with Crippen LogP contribution < -0.4 is 4.74 Å².